The average Bonchev–Trinajstić information content (AvgIpc) is 3.30. The predicted octanol–water partition coefficient (Wildman–Crippen LogP) is 6.77. The summed E-state index contributed by atoms with van der Waals surface area (Å²) in [5, 5.41) is 72.0. The molecule has 0 bridgehead atoms. The summed E-state index contributed by atoms with van der Waals surface area (Å²) in [6.07, 6.45) is 21.3. The Kier molecular flexibility index (Phi) is 34.5. The van der Waals surface area contributed by atoms with Crippen LogP contribution in [0.5, 0.6) is 0 Å². The van der Waals surface area contributed by atoms with Gasteiger partial charge in [0.05, 0.1) is 19.8 Å². The first-order valence-corrected chi connectivity index (χ1v) is 25.5. The minimum Gasteiger partial charge on any atom is -0.462 e. The van der Waals surface area contributed by atoms with Gasteiger partial charge in [0.25, 0.3) is 0 Å². The number of aliphatic hydroxyl groups is 7. The van der Waals surface area contributed by atoms with Crippen molar-refractivity contribution in [1.29, 1.82) is 0 Å². The molecule has 0 aromatic heterocycles. The van der Waals surface area contributed by atoms with E-state index in [1.165, 1.54) is 128 Å². The highest BCUT2D eigenvalue weighted by Crippen LogP contribution is 2.26. The summed E-state index contributed by atoms with van der Waals surface area (Å²) in [5.41, 5.74) is 0. The predicted molar refractivity (Wildman–Crippen MR) is 247 cm³/mol. The summed E-state index contributed by atoms with van der Waals surface area (Å²) in [6.45, 7) is 2.48. The van der Waals surface area contributed by atoms with Crippen molar-refractivity contribution in [3.05, 3.63) is 24.3 Å². The molecule has 0 amide bonds. The highest BCUT2D eigenvalue weighted by Gasteiger charge is 2.47. The van der Waals surface area contributed by atoms with Gasteiger partial charge in [-0.2, -0.15) is 0 Å². The minimum absolute atomic E-state index is 0.202. The van der Waals surface area contributed by atoms with Crippen LogP contribution in [0, 0.1) is 0 Å². The molecule has 2 saturated heterocycles. The van der Waals surface area contributed by atoms with Gasteiger partial charge in [0.15, 0.2) is 18.7 Å². The van der Waals surface area contributed by atoms with Crippen LogP contribution in [-0.2, 0) is 38.0 Å². The molecule has 0 radical (unpaired) electrons. The van der Waals surface area contributed by atoms with E-state index < -0.39 is 99.3 Å². The van der Waals surface area contributed by atoms with E-state index in [2.05, 4.69) is 13.8 Å². The van der Waals surface area contributed by atoms with Crippen molar-refractivity contribution >= 4 is 11.9 Å². The van der Waals surface area contributed by atoms with Crippen LogP contribution in [0.2, 0.25) is 0 Å². The highest BCUT2D eigenvalue weighted by atomic mass is 16.7. The smallest absolute Gasteiger partial charge is 0.331 e. The number of ether oxygens (including phenoxy) is 6. The maximum absolute atomic E-state index is 12.9. The molecule has 11 atom stereocenters. The Morgan fingerprint density at radius 2 is 0.969 bits per heavy atom. The third-order valence-corrected chi connectivity index (χ3v) is 12.3. The molecule has 2 rings (SSSR count). The largest absolute Gasteiger partial charge is 0.462 e. The van der Waals surface area contributed by atoms with Crippen LogP contribution >= 0.6 is 0 Å². The van der Waals surface area contributed by atoms with E-state index >= 15 is 0 Å². The van der Waals surface area contributed by atoms with Crippen molar-refractivity contribution in [3.63, 3.8) is 0 Å². The van der Waals surface area contributed by atoms with Crippen molar-refractivity contribution in [2.24, 2.45) is 0 Å². The summed E-state index contributed by atoms with van der Waals surface area (Å²) in [6, 6.07) is 0. The molecule has 4 unspecified atom stereocenters. The normalized spacial score (nSPS) is 26.5. The fraction of sp³-hybridized carbons (Fsp3) is 0.880. The van der Waals surface area contributed by atoms with E-state index in [0.29, 0.717) is 6.42 Å². The Balaban J connectivity index is 1.85. The first kappa shape index (κ1) is 59.1. The van der Waals surface area contributed by atoms with Gasteiger partial charge in [-0.25, -0.2) is 4.79 Å². The molecular weight excluding hydrogens is 841 g/mol. The van der Waals surface area contributed by atoms with Crippen LogP contribution in [0.25, 0.3) is 0 Å². The van der Waals surface area contributed by atoms with Crippen molar-refractivity contribution in [2.75, 3.05) is 26.4 Å². The molecule has 2 fully saturated rings. The molecule has 2 heterocycles. The maximum atomic E-state index is 12.9. The molecule has 0 saturated carbocycles. The first-order chi connectivity index (χ1) is 31.5. The molecule has 0 aliphatic carbocycles. The number of allylic oxidation sites excluding steroid dienone is 3. The molecule has 2 aliphatic rings. The van der Waals surface area contributed by atoms with E-state index in [1.54, 1.807) is 12.2 Å². The minimum atomic E-state index is -1.78. The van der Waals surface area contributed by atoms with Gasteiger partial charge in [-0.1, -0.05) is 180 Å². The van der Waals surface area contributed by atoms with Crippen molar-refractivity contribution in [3.8, 4) is 0 Å². The lowest BCUT2D eigenvalue weighted by Gasteiger charge is -2.42. The number of aliphatic hydroxyl groups excluding tert-OH is 7. The topological polar surface area (TPSA) is 231 Å². The molecule has 2 aliphatic heterocycles. The number of carbonyl (C=O) groups excluding carboxylic acids is 2. The lowest BCUT2D eigenvalue weighted by Crippen LogP contribution is -2.61. The molecule has 380 valence electrons. The second kappa shape index (κ2) is 37.9. The summed E-state index contributed by atoms with van der Waals surface area (Å²) in [5.74, 6) is -1.17. The van der Waals surface area contributed by atoms with Crippen molar-refractivity contribution in [1.82, 2.24) is 0 Å². The molecule has 7 N–H and O–H groups in total. The van der Waals surface area contributed by atoms with Crippen LogP contribution in [0.3, 0.4) is 0 Å². The lowest BCUT2D eigenvalue weighted by molar-refractivity contribution is -0.332. The SMILES string of the molecule is CCCCCCCCCCCCC/C=C/C=C/C(=O)O[C@H](COC(=O)CCCCCCCCCCCCCCCC)CO[C@@H]1O[C@H](CO[C@@H]2O[C@H](CO)[C@H](O)C(O)C2O)[C@H](O)C(O)C1O. The summed E-state index contributed by atoms with van der Waals surface area (Å²) >= 11 is 0. The van der Waals surface area contributed by atoms with Gasteiger partial charge in [-0.05, 0) is 19.3 Å². The van der Waals surface area contributed by atoms with Crippen LogP contribution < -0.4 is 0 Å². The third-order valence-electron chi connectivity index (χ3n) is 12.3. The van der Waals surface area contributed by atoms with E-state index in [1.807, 2.05) is 6.08 Å². The number of rotatable bonds is 39. The first-order valence-electron chi connectivity index (χ1n) is 25.5. The van der Waals surface area contributed by atoms with Gasteiger partial charge in [-0.15, -0.1) is 0 Å². The number of unbranched alkanes of at least 4 members (excludes halogenated alkanes) is 24. The molecular formula is C50H90O15. The molecule has 0 aromatic rings. The van der Waals surface area contributed by atoms with E-state index in [9.17, 15) is 45.3 Å². The van der Waals surface area contributed by atoms with Crippen molar-refractivity contribution in [2.45, 2.75) is 255 Å². The Labute approximate surface area is 390 Å². The molecule has 65 heavy (non-hydrogen) atoms. The van der Waals surface area contributed by atoms with Crippen LogP contribution in [0.1, 0.15) is 187 Å². The number of hydrogen-bond donors (Lipinski definition) is 7. The lowest BCUT2D eigenvalue weighted by atomic mass is 9.98. The second-order valence-electron chi connectivity index (χ2n) is 18.1. The monoisotopic (exact) mass is 931 g/mol. The average molecular weight is 931 g/mol. The van der Waals surface area contributed by atoms with Gasteiger partial charge in [0.1, 0.15) is 55.4 Å². The van der Waals surface area contributed by atoms with Gasteiger partial charge >= 0.3 is 11.9 Å². The molecule has 15 nitrogen and oxygen atoms in total. The maximum Gasteiger partial charge on any atom is 0.331 e. The fourth-order valence-corrected chi connectivity index (χ4v) is 8.07. The van der Waals surface area contributed by atoms with E-state index in [0.717, 1.165) is 38.5 Å². The fourth-order valence-electron chi connectivity index (χ4n) is 8.07. The number of esters is 2. The van der Waals surface area contributed by atoms with E-state index in [4.69, 9.17) is 28.4 Å². The van der Waals surface area contributed by atoms with Crippen LogP contribution in [0.15, 0.2) is 24.3 Å². The summed E-state index contributed by atoms with van der Waals surface area (Å²) in [7, 11) is 0. The number of carbonyl (C=O) groups is 2. The Hall–Kier alpha value is -2.02. The van der Waals surface area contributed by atoms with E-state index in [-0.39, 0.29) is 13.0 Å². The Morgan fingerprint density at radius 1 is 0.523 bits per heavy atom. The summed E-state index contributed by atoms with van der Waals surface area (Å²) < 4.78 is 33.4. The van der Waals surface area contributed by atoms with Crippen LogP contribution in [0.4, 0.5) is 0 Å². The Morgan fingerprint density at radius 3 is 1.48 bits per heavy atom. The van der Waals surface area contributed by atoms with Gasteiger partial charge < -0.3 is 64.2 Å². The molecule has 0 spiro atoms. The van der Waals surface area contributed by atoms with Crippen LogP contribution in [-0.4, -0.2) is 142 Å². The molecule has 15 heteroatoms. The Bertz CT molecular complexity index is 1230. The van der Waals surface area contributed by atoms with Gasteiger partial charge in [0.2, 0.25) is 0 Å². The third kappa shape index (κ3) is 26.4. The highest BCUT2D eigenvalue weighted by molar-refractivity contribution is 5.82. The standard InChI is InChI=1S/C50H90O15/c1-3-5-7-9-11-13-15-17-19-21-23-25-27-29-31-33-42(53)63-38(35-60-41(52)32-30-28-26-24-22-20-18-16-14-12-10-8-6-4-2)36-61-49-48(59)46(57)44(55)40(65-49)37-62-50-47(58)45(56)43(54)39(34-51)64-50/h27,29,31,33,38-40,43-51,54-59H,3-26,28,30,32,34-37H2,1-2H3/b29-27+,33-31+/t38-,39-,40-,43+,44+,45?,46?,47?,48?,49-,50-/m1/s1. The zero-order chi connectivity index (χ0) is 47.5. The zero-order valence-electron chi connectivity index (χ0n) is 40.0. The quantitative estimate of drug-likeness (QED) is 0.0146. The van der Waals surface area contributed by atoms with Gasteiger partial charge in [0, 0.05) is 12.5 Å². The summed E-state index contributed by atoms with van der Waals surface area (Å²) in [4.78, 5) is 25.6. The second-order valence-corrected chi connectivity index (χ2v) is 18.1. The molecule has 0 aromatic carbocycles. The van der Waals surface area contributed by atoms with Gasteiger partial charge in [-0.3, -0.25) is 4.79 Å². The number of hydrogen-bond acceptors (Lipinski definition) is 15. The van der Waals surface area contributed by atoms with Crippen molar-refractivity contribution < 1.29 is 73.8 Å². The zero-order valence-corrected chi connectivity index (χ0v) is 40.0.